The highest BCUT2D eigenvalue weighted by atomic mass is 16.1. The summed E-state index contributed by atoms with van der Waals surface area (Å²) in [6.45, 7) is 0.656. The van der Waals surface area contributed by atoms with Gasteiger partial charge in [-0.25, -0.2) is 4.68 Å². The molecule has 0 radical (unpaired) electrons. The second-order valence-corrected chi connectivity index (χ2v) is 6.25. The van der Waals surface area contributed by atoms with Gasteiger partial charge in [0.25, 0.3) is 0 Å². The summed E-state index contributed by atoms with van der Waals surface area (Å²) in [5.74, 6) is 0.511. The van der Waals surface area contributed by atoms with Gasteiger partial charge in [0.15, 0.2) is 0 Å². The maximum absolute atomic E-state index is 12.3. The fourth-order valence-electron chi connectivity index (χ4n) is 3.31. The van der Waals surface area contributed by atoms with Crippen LogP contribution in [-0.2, 0) is 11.2 Å². The third kappa shape index (κ3) is 3.99. The largest absolute Gasteiger partial charge is 0.353 e. The predicted octanol–water partition coefficient (Wildman–Crippen LogP) is 2.05. The average Bonchev–Trinajstić information content (AvgIpc) is 3.10. The first-order valence-corrected chi connectivity index (χ1v) is 8.34. The van der Waals surface area contributed by atoms with E-state index in [1.807, 2.05) is 36.5 Å². The molecule has 3 N–H and O–H groups in total. The zero-order valence-electron chi connectivity index (χ0n) is 13.3. The number of carbonyl (C=O) groups excluding carboxylic acids is 1. The van der Waals surface area contributed by atoms with E-state index in [4.69, 9.17) is 5.73 Å². The van der Waals surface area contributed by atoms with Crippen LogP contribution in [0.1, 0.15) is 31.2 Å². The quantitative estimate of drug-likeness (QED) is 0.887. The number of nitrogens with zero attached hydrogens (tertiary/aromatic N) is 2. The molecule has 1 heterocycles. The minimum absolute atomic E-state index is 0.0854. The number of rotatable bonds is 5. The van der Waals surface area contributed by atoms with E-state index in [1.165, 1.54) is 12.8 Å². The lowest BCUT2D eigenvalue weighted by atomic mass is 9.84. The molecule has 23 heavy (non-hydrogen) atoms. The Bertz CT molecular complexity index is 621. The van der Waals surface area contributed by atoms with E-state index in [0.717, 1.165) is 24.1 Å². The lowest BCUT2D eigenvalue weighted by molar-refractivity contribution is -0.121. The first kappa shape index (κ1) is 15.7. The summed E-state index contributed by atoms with van der Waals surface area (Å²) in [6.07, 6.45) is 8.64. The number of hydrogen-bond donors (Lipinski definition) is 2. The van der Waals surface area contributed by atoms with E-state index in [0.29, 0.717) is 18.9 Å². The summed E-state index contributed by atoms with van der Waals surface area (Å²) in [7, 11) is 0. The molecule has 0 aliphatic heterocycles. The van der Waals surface area contributed by atoms with Crippen molar-refractivity contribution >= 4 is 5.91 Å². The SMILES string of the molecule is NCC1CCCCC1NC(=O)Cc1ccc(-n2cccn2)cc1. The molecule has 0 spiro atoms. The highest BCUT2D eigenvalue weighted by molar-refractivity contribution is 5.79. The molecule has 1 aromatic carbocycles. The molecule has 1 fully saturated rings. The molecule has 0 bridgehead atoms. The Morgan fingerprint density at radius 3 is 2.74 bits per heavy atom. The Kier molecular flexibility index (Phi) is 5.08. The molecular weight excluding hydrogens is 288 g/mol. The molecule has 3 rings (SSSR count). The molecular formula is C18H24N4O. The molecule has 1 amide bonds. The average molecular weight is 312 g/mol. The number of nitrogens with two attached hydrogens (primary N) is 1. The molecule has 1 aliphatic carbocycles. The van der Waals surface area contributed by atoms with Gasteiger partial charge >= 0.3 is 0 Å². The van der Waals surface area contributed by atoms with E-state index in [1.54, 1.807) is 10.9 Å². The zero-order chi connectivity index (χ0) is 16.1. The highest BCUT2D eigenvalue weighted by Crippen LogP contribution is 2.23. The van der Waals surface area contributed by atoms with Gasteiger partial charge in [-0.3, -0.25) is 4.79 Å². The molecule has 5 heteroatoms. The van der Waals surface area contributed by atoms with Gasteiger partial charge in [0.1, 0.15) is 0 Å². The van der Waals surface area contributed by atoms with Crippen molar-refractivity contribution in [2.24, 2.45) is 11.7 Å². The second-order valence-electron chi connectivity index (χ2n) is 6.25. The summed E-state index contributed by atoms with van der Waals surface area (Å²) in [6, 6.07) is 10.1. The number of aromatic nitrogens is 2. The van der Waals surface area contributed by atoms with Gasteiger partial charge < -0.3 is 11.1 Å². The van der Waals surface area contributed by atoms with Gasteiger partial charge in [0.2, 0.25) is 5.91 Å². The van der Waals surface area contributed by atoms with Crippen LogP contribution in [0.3, 0.4) is 0 Å². The number of hydrogen-bond acceptors (Lipinski definition) is 3. The van der Waals surface area contributed by atoms with Crippen molar-refractivity contribution in [2.45, 2.75) is 38.1 Å². The van der Waals surface area contributed by atoms with E-state index in [2.05, 4.69) is 10.4 Å². The monoisotopic (exact) mass is 312 g/mol. The van der Waals surface area contributed by atoms with Crippen molar-refractivity contribution in [3.63, 3.8) is 0 Å². The van der Waals surface area contributed by atoms with Crippen molar-refractivity contribution < 1.29 is 4.79 Å². The van der Waals surface area contributed by atoms with Crippen LogP contribution >= 0.6 is 0 Å². The standard InChI is InChI=1S/C18H24N4O/c19-13-15-4-1-2-5-17(15)21-18(23)12-14-6-8-16(9-7-14)22-11-3-10-20-22/h3,6-11,15,17H,1-2,4-5,12-13,19H2,(H,21,23). The lowest BCUT2D eigenvalue weighted by Gasteiger charge is -2.31. The molecule has 2 atom stereocenters. The van der Waals surface area contributed by atoms with Crippen LogP contribution in [0.5, 0.6) is 0 Å². The van der Waals surface area contributed by atoms with Crippen LogP contribution in [0.4, 0.5) is 0 Å². The molecule has 1 saturated carbocycles. The van der Waals surface area contributed by atoms with Gasteiger partial charge in [-0.05, 0) is 49.1 Å². The van der Waals surface area contributed by atoms with Crippen LogP contribution in [0.25, 0.3) is 5.69 Å². The summed E-state index contributed by atoms with van der Waals surface area (Å²) in [5, 5.41) is 7.37. The molecule has 0 saturated heterocycles. The number of amides is 1. The maximum atomic E-state index is 12.3. The van der Waals surface area contributed by atoms with E-state index in [9.17, 15) is 4.79 Å². The summed E-state index contributed by atoms with van der Waals surface area (Å²) >= 11 is 0. The molecule has 1 aromatic heterocycles. The van der Waals surface area contributed by atoms with Gasteiger partial charge in [-0.15, -0.1) is 0 Å². The van der Waals surface area contributed by atoms with Crippen molar-refractivity contribution in [1.82, 2.24) is 15.1 Å². The first-order chi connectivity index (χ1) is 11.3. The third-order valence-electron chi connectivity index (χ3n) is 4.63. The van der Waals surface area contributed by atoms with E-state index < -0.39 is 0 Å². The van der Waals surface area contributed by atoms with Crippen LogP contribution in [-0.4, -0.2) is 28.3 Å². The Labute approximate surface area is 136 Å². The minimum Gasteiger partial charge on any atom is -0.353 e. The van der Waals surface area contributed by atoms with Crippen molar-refractivity contribution in [3.8, 4) is 5.69 Å². The molecule has 122 valence electrons. The van der Waals surface area contributed by atoms with Gasteiger partial charge in [0.05, 0.1) is 12.1 Å². The third-order valence-corrected chi connectivity index (χ3v) is 4.63. The van der Waals surface area contributed by atoms with Crippen LogP contribution in [0, 0.1) is 5.92 Å². The van der Waals surface area contributed by atoms with Crippen LogP contribution in [0.2, 0.25) is 0 Å². The first-order valence-electron chi connectivity index (χ1n) is 8.34. The van der Waals surface area contributed by atoms with Crippen LogP contribution < -0.4 is 11.1 Å². The normalized spacial score (nSPS) is 21.1. The van der Waals surface area contributed by atoms with Crippen molar-refractivity contribution in [2.75, 3.05) is 6.54 Å². The predicted molar refractivity (Wildman–Crippen MR) is 90.2 cm³/mol. The van der Waals surface area contributed by atoms with Crippen molar-refractivity contribution in [3.05, 3.63) is 48.3 Å². The summed E-state index contributed by atoms with van der Waals surface area (Å²) in [4.78, 5) is 12.3. The Morgan fingerprint density at radius 2 is 2.04 bits per heavy atom. The Balaban J connectivity index is 1.57. The topological polar surface area (TPSA) is 72.9 Å². The molecule has 1 aliphatic rings. The molecule has 2 unspecified atom stereocenters. The molecule has 5 nitrogen and oxygen atoms in total. The van der Waals surface area contributed by atoms with E-state index >= 15 is 0 Å². The number of benzene rings is 1. The fourth-order valence-corrected chi connectivity index (χ4v) is 3.31. The van der Waals surface area contributed by atoms with E-state index in [-0.39, 0.29) is 11.9 Å². The Hall–Kier alpha value is -2.14. The lowest BCUT2D eigenvalue weighted by Crippen LogP contribution is -2.45. The van der Waals surface area contributed by atoms with Crippen molar-refractivity contribution in [1.29, 1.82) is 0 Å². The molecule has 2 aromatic rings. The summed E-state index contributed by atoms with van der Waals surface area (Å²) < 4.78 is 1.80. The van der Waals surface area contributed by atoms with Gasteiger partial charge in [-0.1, -0.05) is 25.0 Å². The fraction of sp³-hybridized carbons (Fsp3) is 0.444. The summed E-state index contributed by atoms with van der Waals surface area (Å²) in [5.41, 5.74) is 7.83. The van der Waals surface area contributed by atoms with Crippen LogP contribution in [0.15, 0.2) is 42.7 Å². The number of nitrogens with one attached hydrogen (secondary N) is 1. The maximum Gasteiger partial charge on any atom is 0.224 e. The zero-order valence-corrected chi connectivity index (χ0v) is 13.3. The smallest absolute Gasteiger partial charge is 0.224 e. The van der Waals surface area contributed by atoms with Gasteiger partial charge in [-0.2, -0.15) is 5.10 Å². The highest BCUT2D eigenvalue weighted by Gasteiger charge is 2.25. The Morgan fingerprint density at radius 1 is 1.26 bits per heavy atom. The van der Waals surface area contributed by atoms with Gasteiger partial charge in [0, 0.05) is 18.4 Å². The minimum atomic E-state index is 0.0854. The second kappa shape index (κ2) is 7.42. The number of carbonyl (C=O) groups is 1.